The molecule has 0 fully saturated rings. The van der Waals surface area contributed by atoms with Gasteiger partial charge in [0.15, 0.2) is 0 Å². The highest BCUT2D eigenvalue weighted by atomic mass is 16.6. The molecule has 2 unspecified atom stereocenters. The number of ether oxygens (including phenoxy) is 3. The fraction of sp³-hybridized carbons (Fsp3) is 0.298. The molecule has 0 aliphatic heterocycles. The molecule has 0 heterocycles. The van der Waals surface area contributed by atoms with Crippen LogP contribution in [0.4, 0.5) is 4.79 Å². The molecule has 0 spiro atoms. The minimum absolute atomic E-state index is 0.0443. The molecule has 7 rings (SSSR count). The predicted molar refractivity (Wildman–Crippen MR) is 261 cm³/mol. The molecular weight excluding hydrogens is 839 g/mol. The summed E-state index contributed by atoms with van der Waals surface area (Å²) in [6, 6.07) is 52.0. The largest absolute Gasteiger partial charge is 0.459 e. The number of carbonyl (C=O) groups excluding carboxylic acids is 4. The Morgan fingerprint density at radius 1 is 0.582 bits per heavy atom. The zero-order valence-electron chi connectivity index (χ0n) is 38.8. The number of hydrogen-bond donors (Lipinski definition) is 3. The van der Waals surface area contributed by atoms with Gasteiger partial charge in [-0.1, -0.05) is 169 Å². The van der Waals surface area contributed by atoms with Crippen molar-refractivity contribution >= 4 is 23.9 Å². The van der Waals surface area contributed by atoms with E-state index >= 15 is 0 Å². The Bertz CT molecular complexity index is 2430. The van der Waals surface area contributed by atoms with Crippen LogP contribution in [0.3, 0.4) is 0 Å². The van der Waals surface area contributed by atoms with E-state index in [4.69, 9.17) is 14.2 Å². The highest BCUT2D eigenvalue weighted by Crippen LogP contribution is 2.44. The Morgan fingerprint density at radius 2 is 1.10 bits per heavy atom. The van der Waals surface area contributed by atoms with Gasteiger partial charge in [-0.05, 0) is 97.9 Å². The summed E-state index contributed by atoms with van der Waals surface area (Å²) in [5, 5.41) is 9.49. The van der Waals surface area contributed by atoms with Gasteiger partial charge in [0, 0.05) is 18.9 Å². The first-order valence-electron chi connectivity index (χ1n) is 23.2. The molecule has 0 bridgehead atoms. The Kier molecular flexibility index (Phi) is 16.0. The number of alkyl carbamates (subject to hydrolysis) is 1. The summed E-state index contributed by atoms with van der Waals surface area (Å²) in [7, 11) is 0. The van der Waals surface area contributed by atoms with E-state index in [9.17, 15) is 19.2 Å². The molecule has 10 nitrogen and oxygen atoms in total. The molecule has 2 amide bonds. The molecule has 10 heteroatoms. The third-order valence-electron chi connectivity index (χ3n) is 12.0. The number of nitrogens with one attached hydrogen (secondary N) is 3. The van der Waals surface area contributed by atoms with Crippen molar-refractivity contribution in [1.29, 1.82) is 0 Å². The van der Waals surface area contributed by atoms with Gasteiger partial charge in [0.1, 0.15) is 30.9 Å². The van der Waals surface area contributed by atoms with Crippen LogP contribution in [0.15, 0.2) is 164 Å². The van der Waals surface area contributed by atoms with Crippen LogP contribution in [0.25, 0.3) is 11.1 Å². The van der Waals surface area contributed by atoms with Gasteiger partial charge in [-0.3, -0.25) is 14.9 Å². The van der Waals surface area contributed by atoms with Crippen LogP contribution in [-0.2, 0) is 40.7 Å². The second-order valence-corrected chi connectivity index (χ2v) is 18.1. The summed E-state index contributed by atoms with van der Waals surface area (Å²) in [6.45, 7) is 7.95. The molecule has 1 aliphatic carbocycles. The van der Waals surface area contributed by atoms with Crippen molar-refractivity contribution in [3.63, 3.8) is 0 Å². The lowest BCUT2D eigenvalue weighted by molar-refractivity contribution is -0.158. The van der Waals surface area contributed by atoms with E-state index in [1.165, 1.54) is 0 Å². The van der Waals surface area contributed by atoms with E-state index in [1.54, 1.807) is 0 Å². The number of benzene rings is 6. The van der Waals surface area contributed by atoms with Crippen molar-refractivity contribution in [3.8, 4) is 11.1 Å². The summed E-state index contributed by atoms with van der Waals surface area (Å²) < 4.78 is 17.5. The number of unbranched alkanes of at least 4 members (excludes halogenated alkanes) is 1. The highest BCUT2D eigenvalue weighted by Gasteiger charge is 2.41. The van der Waals surface area contributed by atoms with E-state index in [2.05, 4.69) is 40.2 Å². The Hall–Kier alpha value is -7.04. The molecule has 6 aromatic rings. The molecule has 6 aromatic carbocycles. The average molecular weight is 900 g/mol. The maximum atomic E-state index is 14.1. The highest BCUT2D eigenvalue weighted by molar-refractivity contribution is 5.82. The second kappa shape index (κ2) is 22.4. The number of carbonyl (C=O) groups is 4. The molecule has 0 aromatic heterocycles. The molecule has 2 atom stereocenters. The molecule has 346 valence electrons. The van der Waals surface area contributed by atoms with E-state index in [0.717, 1.165) is 50.1 Å². The zero-order valence-corrected chi connectivity index (χ0v) is 38.8. The third-order valence-corrected chi connectivity index (χ3v) is 12.0. The first-order chi connectivity index (χ1) is 32.4. The topological polar surface area (TPSA) is 132 Å². The maximum Gasteiger partial charge on any atom is 0.407 e. The average Bonchev–Trinajstić information content (AvgIpc) is 3.66. The van der Waals surface area contributed by atoms with Crippen LogP contribution in [0.2, 0.25) is 0 Å². The summed E-state index contributed by atoms with van der Waals surface area (Å²) in [4.78, 5) is 54.5. The van der Waals surface area contributed by atoms with Gasteiger partial charge in [-0.15, -0.1) is 0 Å². The van der Waals surface area contributed by atoms with E-state index in [0.29, 0.717) is 19.4 Å². The van der Waals surface area contributed by atoms with E-state index in [1.807, 2.05) is 167 Å². The van der Waals surface area contributed by atoms with Gasteiger partial charge in [0.25, 0.3) is 0 Å². The number of esters is 2. The predicted octanol–water partition coefficient (Wildman–Crippen LogP) is 10.3. The van der Waals surface area contributed by atoms with Gasteiger partial charge in [0.05, 0.1) is 5.54 Å². The van der Waals surface area contributed by atoms with Crippen LogP contribution in [0, 0.1) is 6.92 Å². The van der Waals surface area contributed by atoms with E-state index < -0.39 is 41.3 Å². The summed E-state index contributed by atoms with van der Waals surface area (Å²) in [5.74, 6) is -1.40. The van der Waals surface area contributed by atoms with Crippen LogP contribution >= 0.6 is 0 Å². The van der Waals surface area contributed by atoms with Crippen molar-refractivity contribution in [3.05, 3.63) is 203 Å². The lowest BCUT2D eigenvalue weighted by Gasteiger charge is -2.40. The van der Waals surface area contributed by atoms with Gasteiger partial charge in [0.2, 0.25) is 5.91 Å². The maximum absolute atomic E-state index is 14.1. The van der Waals surface area contributed by atoms with Crippen molar-refractivity contribution in [2.75, 3.05) is 13.2 Å². The number of rotatable bonds is 20. The Balaban J connectivity index is 0.982. The minimum atomic E-state index is -0.975. The number of fused-ring (bicyclic) bond motifs is 3. The monoisotopic (exact) mass is 899 g/mol. The van der Waals surface area contributed by atoms with Crippen LogP contribution in [-0.4, -0.2) is 54.8 Å². The smallest absolute Gasteiger partial charge is 0.407 e. The fourth-order valence-electron chi connectivity index (χ4n) is 8.73. The lowest BCUT2D eigenvalue weighted by Crippen LogP contribution is -2.54. The molecule has 0 saturated carbocycles. The van der Waals surface area contributed by atoms with Crippen molar-refractivity contribution in [2.24, 2.45) is 0 Å². The quantitative estimate of drug-likeness (QED) is 0.0299. The fourth-order valence-corrected chi connectivity index (χ4v) is 8.73. The summed E-state index contributed by atoms with van der Waals surface area (Å²) >= 11 is 0. The first kappa shape index (κ1) is 47.9. The molecule has 3 N–H and O–H groups in total. The number of aryl methyl sites for hydroxylation is 1. The standard InChI is InChI=1S/C57H61N3O7/c1-40-31-33-41(34-32-40)38-65-53(62)50(59-55(64)66-39-49-47-28-16-14-26-45(47)46-27-15-17-29-48(46)49)30-18-19-37-58-52(61)36-35-51(54(63)67-56(2,3)4)60-57(42-20-8-5-9-21-42,43-22-10-6-11-23-43)44-24-12-7-13-25-44/h5-17,20-29,31-34,49-51,60H,18-19,30,35-39H2,1-4H3,(H,58,61)(H,59,64). The second-order valence-electron chi connectivity index (χ2n) is 18.1. The zero-order chi connectivity index (χ0) is 47.2. The van der Waals surface area contributed by atoms with Crippen LogP contribution in [0.5, 0.6) is 0 Å². The molecule has 0 radical (unpaired) electrons. The SMILES string of the molecule is Cc1ccc(COC(=O)C(CCCCNC(=O)CCC(NC(c2ccccc2)(c2ccccc2)c2ccccc2)C(=O)OC(C)(C)C)NC(=O)OCC2c3ccccc3-c3ccccc32)cc1. The molecular formula is C57H61N3O7. The summed E-state index contributed by atoms with van der Waals surface area (Å²) in [5.41, 5.74) is 7.38. The van der Waals surface area contributed by atoms with Crippen LogP contribution in [0.1, 0.15) is 97.7 Å². The first-order valence-corrected chi connectivity index (χ1v) is 23.2. The normalized spacial score (nSPS) is 13.1. The van der Waals surface area contributed by atoms with Gasteiger partial charge in [-0.25, -0.2) is 9.59 Å². The van der Waals surface area contributed by atoms with Crippen molar-refractivity contribution in [1.82, 2.24) is 16.0 Å². The lowest BCUT2D eigenvalue weighted by atomic mass is 9.76. The van der Waals surface area contributed by atoms with Gasteiger partial charge in [-0.2, -0.15) is 0 Å². The number of hydrogen-bond acceptors (Lipinski definition) is 8. The Morgan fingerprint density at radius 3 is 1.64 bits per heavy atom. The molecule has 0 saturated heterocycles. The molecule has 67 heavy (non-hydrogen) atoms. The molecule has 1 aliphatic rings. The van der Waals surface area contributed by atoms with Crippen molar-refractivity contribution < 1.29 is 33.4 Å². The van der Waals surface area contributed by atoms with Crippen LogP contribution < -0.4 is 16.0 Å². The van der Waals surface area contributed by atoms with Gasteiger partial charge >= 0.3 is 18.0 Å². The Labute approximate surface area is 394 Å². The van der Waals surface area contributed by atoms with Gasteiger partial charge < -0.3 is 24.8 Å². The number of amides is 2. The minimum Gasteiger partial charge on any atom is -0.459 e. The van der Waals surface area contributed by atoms with Crippen molar-refractivity contribution in [2.45, 2.75) is 95.5 Å². The van der Waals surface area contributed by atoms with E-state index in [-0.39, 0.29) is 44.3 Å². The third kappa shape index (κ3) is 12.4. The summed E-state index contributed by atoms with van der Waals surface area (Å²) in [6.07, 6.45) is 0.766.